The monoisotopic (exact) mass is 292 g/mol. The van der Waals surface area contributed by atoms with Gasteiger partial charge in [0.15, 0.2) is 0 Å². The second-order valence-corrected chi connectivity index (χ2v) is 5.56. The van der Waals surface area contributed by atoms with E-state index in [9.17, 15) is 14.9 Å². The maximum Gasteiger partial charge on any atom is 0.269 e. The average Bonchev–Trinajstić information content (AvgIpc) is 2.53. The van der Waals surface area contributed by atoms with Crippen LogP contribution in [0, 0.1) is 10.1 Å². The molecule has 1 aromatic rings. The number of piperazine rings is 1. The van der Waals surface area contributed by atoms with Crippen LogP contribution in [0.4, 0.5) is 5.69 Å². The van der Waals surface area contributed by atoms with Crippen molar-refractivity contribution >= 4 is 11.6 Å². The molecule has 1 fully saturated rings. The minimum absolute atomic E-state index is 0.0117. The predicted molar refractivity (Wildman–Crippen MR) is 79.4 cm³/mol. The number of hydrogen-bond acceptors (Lipinski definition) is 3. The Morgan fingerprint density at radius 2 is 1.90 bits per heavy atom. The third kappa shape index (κ3) is 3.58. The third-order valence-corrected chi connectivity index (χ3v) is 4.33. The lowest BCUT2D eigenvalue weighted by Gasteiger charge is -2.35. The van der Waals surface area contributed by atoms with Crippen LogP contribution in [0.3, 0.4) is 0 Å². The van der Waals surface area contributed by atoms with Gasteiger partial charge < -0.3 is 9.80 Å². The fourth-order valence-electron chi connectivity index (χ4n) is 2.69. The quantitative estimate of drug-likeness (QED) is 0.657. The number of nitro groups is 1. The van der Waals surface area contributed by atoms with Crippen LogP contribution in [0.2, 0.25) is 0 Å². The maximum absolute atomic E-state index is 12.4. The van der Waals surface area contributed by atoms with Crippen molar-refractivity contribution < 1.29 is 14.6 Å². The molecule has 1 atom stereocenters. The number of rotatable bonds is 4. The maximum atomic E-state index is 12.4. The van der Waals surface area contributed by atoms with Gasteiger partial charge in [-0.15, -0.1) is 0 Å². The molecule has 0 saturated carbocycles. The second kappa shape index (κ2) is 6.67. The summed E-state index contributed by atoms with van der Waals surface area (Å²) in [5, 5.41) is 10.6. The molecule has 0 bridgehead atoms. The molecule has 6 nitrogen and oxygen atoms in total. The summed E-state index contributed by atoms with van der Waals surface area (Å²) in [5.41, 5.74) is 0.533. The van der Waals surface area contributed by atoms with E-state index >= 15 is 0 Å². The standard InChI is InChI=1S/C15H21N3O3/c1-3-12(2)16-8-10-17(11-9-16)15(19)13-4-6-14(7-5-13)18(20)21/h4-7,12H,3,8-11H2,1-2H3/p+1. The zero-order chi connectivity index (χ0) is 15.4. The van der Waals surface area contributed by atoms with Crippen LogP contribution in [0.1, 0.15) is 30.6 Å². The Balaban J connectivity index is 1.97. The highest BCUT2D eigenvalue weighted by molar-refractivity contribution is 5.94. The third-order valence-electron chi connectivity index (χ3n) is 4.33. The van der Waals surface area contributed by atoms with Gasteiger partial charge in [0.25, 0.3) is 11.6 Å². The van der Waals surface area contributed by atoms with Gasteiger partial charge in [-0.3, -0.25) is 14.9 Å². The Kier molecular flexibility index (Phi) is 4.90. The number of nitrogens with zero attached hydrogens (tertiary/aromatic N) is 2. The number of quaternary nitrogens is 1. The highest BCUT2D eigenvalue weighted by Gasteiger charge is 2.26. The van der Waals surface area contributed by atoms with Gasteiger partial charge in [0.1, 0.15) is 0 Å². The number of benzene rings is 1. The molecule has 2 rings (SSSR count). The molecule has 0 aromatic heterocycles. The lowest BCUT2D eigenvalue weighted by atomic mass is 10.1. The van der Waals surface area contributed by atoms with Gasteiger partial charge in [0, 0.05) is 17.7 Å². The van der Waals surface area contributed by atoms with Crippen LogP contribution < -0.4 is 4.90 Å². The summed E-state index contributed by atoms with van der Waals surface area (Å²) >= 11 is 0. The van der Waals surface area contributed by atoms with Gasteiger partial charge >= 0.3 is 0 Å². The predicted octanol–water partition coefficient (Wildman–Crippen LogP) is 0.734. The minimum atomic E-state index is -0.456. The fourth-order valence-corrected chi connectivity index (χ4v) is 2.69. The fraction of sp³-hybridized carbons (Fsp3) is 0.533. The van der Waals surface area contributed by atoms with Gasteiger partial charge in [0.05, 0.1) is 37.1 Å². The number of hydrogen-bond donors (Lipinski definition) is 1. The van der Waals surface area contributed by atoms with Crippen molar-refractivity contribution in [2.75, 3.05) is 26.2 Å². The largest absolute Gasteiger partial charge is 0.330 e. The van der Waals surface area contributed by atoms with E-state index in [4.69, 9.17) is 0 Å². The number of non-ortho nitro benzene ring substituents is 1. The SMILES string of the molecule is CCC(C)[NH+]1CCN(C(=O)c2ccc([N+](=O)[O-])cc2)CC1. The van der Waals surface area contributed by atoms with E-state index in [-0.39, 0.29) is 11.6 Å². The Hall–Kier alpha value is -1.95. The lowest BCUT2D eigenvalue weighted by molar-refractivity contribution is -0.927. The molecule has 1 aromatic carbocycles. The average molecular weight is 292 g/mol. The van der Waals surface area contributed by atoms with E-state index in [1.165, 1.54) is 24.3 Å². The molecule has 114 valence electrons. The smallest absolute Gasteiger partial charge is 0.269 e. The first-order valence-corrected chi connectivity index (χ1v) is 7.41. The van der Waals surface area contributed by atoms with E-state index < -0.39 is 4.92 Å². The van der Waals surface area contributed by atoms with E-state index in [0.717, 1.165) is 32.6 Å². The van der Waals surface area contributed by atoms with Crippen molar-refractivity contribution in [3.05, 3.63) is 39.9 Å². The van der Waals surface area contributed by atoms with Crippen LogP contribution in [-0.2, 0) is 0 Å². The summed E-state index contributed by atoms with van der Waals surface area (Å²) in [7, 11) is 0. The Bertz CT molecular complexity index is 507. The number of amides is 1. The van der Waals surface area contributed by atoms with Crippen LogP contribution in [0.5, 0.6) is 0 Å². The van der Waals surface area contributed by atoms with Gasteiger partial charge in [0.2, 0.25) is 0 Å². The lowest BCUT2D eigenvalue weighted by Crippen LogP contribution is -3.17. The highest BCUT2D eigenvalue weighted by Crippen LogP contribution is 2.13. The van der Waals surface area contributed by atoms with Crippen LogP contribution in [-0.4, -0.2) is 48.0 Å². The van der Waals surface area contributed by atoms with Crippen molar-refractivity contribution in [3.63, 3.8) is 0 Å². The van der Waals surface area contributed by atoms with Gasteiger partial charge in [-0.05, 0) is 25.5 Å². The van der Waals surface area contributed by atoms with Crippen LogP contribution in [0.15, 0.2) is 24.3 Å². The first-order chi connectivity index (χ1) is 10.0. The zero-order valence-electron chi connectivity index (χ0n) is 12.5. The van der Waals surface area contributed by atoms with Gasteiger partial charge in [-0.25, -0.2) is 0 Å². The Morgan fingerprint density at radius 1 is 1.33 bits per heavy atom. The molecular weight excluding hydrogens is 270 g/mol. The van der Waals surface area contributed by atoms with Crippen LogP contribution >= 0.6 is 0 Å². The van der Waals surface area contributed by atoms with Crippen molar-refractivity contribution in [1.82, 2.24) is 4.90 Å². The zero-order valence-corrected chi connectivity index (χ0v) is 12.5. The van der Waals surface area contributed by atoms with Crippen LogP contribution in [0.25, 0.3) is 0 Å². The first kappa shape index (κ1) is 15.4. The molecular formula is C15H22N3O3+. The van der Waals surface area contributed by atoms with Gasteiger partial charge in [-0.1, -0.05) is 6.92 Å². The van der Waals surface area contributed by atoms with Crippen molar-refractivity contribution in [3.8, 4) is 0 Å². The summed E-state index contributed by atoms with van der Waals surface area (Å²) in [4.78, 5) is 25.9. The van der Waals surface area contributed by atoms with E-state index in [1.54, 1.807) is 4.90 Å². The molecule has 1 saturated heterocycles. The minimum Gasteiger partial charge on any atom is -0.330 e. The molecule has 1 amide bonds. The molecule has 0 radical (unpaired) electrons. The van der Waals surface area contributed by atoms with Gasteiger partial charge in [-0.2, -0.15) is 0 Å². The topological polar surface area (TPSA) is 67.9 Å². The second-order valence-electron chi connectivity index (χ2n) is 5.56. The highest BCUT2D eigenvalue weighted by atomic mass is 16.6. The summed E-state index contributed by atoms with van der Waals surface area (Å²) in [6, 6.07) is 6.46. The van der Waals surface area contributed by atoms with Crippen molar-refractivity contribution in [2.24, 2.45) is 0 Å². The molecule has 0 aliphatic carbocycles. The molecule has 1 aliphatic heterocycles. The normalized spacial score (nSPS) is 17.5. The number of carbonyl (C=O) groups is 1. The molecule has 1 N–H and O–H groups in total. The van der Waals surface area contributed by atoms with Crippen molar-refractivity contribution in [1.29, 1.82) is 0 Å². The van der Waals surface area contributed by atoms with E-state index in [1.807, 2.05) is 4.90 Å². The molecule has 6 heteroatoms. The summed E-state index contributed by atoms with van der Waals surface area (Å²) in [6.07, 6.45) is 1.14. The molecule has 1 heterocycles. The Morgan fingerprint density at radius 3 is 2.38 bits per heavy atom. The summed E-state index contributed by atoms with van der Waals surface area (Å²) < 4.78 is 0. The molecule has 0 spiro atoms. The van der Waals surface area contributed by atoms with E-state index in [2.05, 4.69) is 13.8 Å². The number of carbonyl (C=O) groups excluding carboxylic acids is 1. The number of nitro benzene ring substituents is 1. The molecule has 1 aliphatic rings. The molecule has 1 unspecified atom stereocenters. The Labute approximate surface area is 124 Å². The number of nitrogens with one attached hydrogen (secondary N) is 1. The summed E-state index contributed by atoms with van der Waals surface area (Å²) in [6.45, 7) is 7.85. The first-order valence-electron chi connectivity index (χ1n) is 7.41. The summed E-state index contributed by atoms with van der Waals surface area (Å²) in [5.74, 6) is -0.0342. The van der Waals surface area contributed by atoms with Crippen molar-refractivity contribution in [2.45, 2.75) is 26.3 Å². The molecule has 21 heavy (non-hydrogen) atoms. The van der Waals surface area contributed by atoms with E-state index in [0.29, 0.717) is 11.6 Å².